The number of benzene rings is 1. The summed E-state index contributed by atoms with van der Waals surface area (Å²) in [6.45, 7) is 3.02. The van der Waals surface area contributed by atoms with Gasteiger partial charge < -0.3 is 16.0 Å². The number of anilines is 1. The largest absolute Gasteiger partial charge is 0.340 e. The highest BCUT2D eigenvalue weighted by atomic mass is 35.5. The van der Waals surface area contributed by atoms with Crippen molar-refractivity contribution < 1.29 is 14.4 Å². The van der Waals surface area contributed by atoms with Crippen molar-refractivity contribution in [2.75, 3.05) is 11.9 Å². The van der Waals surface area contributed by atoms with E-state index < -0.39 is 23.9 Å². The second-order valence-corrected chi connectivity index (χ2v) is 9.19. The molecular formula is C21H27Cl2N5O3. The third-order valence-electron chi connectivity index (χ3n) is 6.43. The zero-order valence-corrected chi connectivity index (χ0v) is 18.8. The average molecular weight is 468 g/mol. The van der Waals surface area contributed by atoms with E-state index in [0.717, 1.165) is 25.8 Å². The van der Waals surface area contributed by atoms with E-state index in [1.54, 1.807) is 18.2 Å². The lowest BCUT2D eigenvalue weighted by Gasteiger charge is -2.49. The van der Waals surface area contributed by atoms with Crippen molar-refractivity contribution in [1.82, 2.24) is 20.9 Å². The molecule has 10 heteroatoms. The molecular weight excluding hydrogens is 441 g/mol. The predicted molar refractivity (Wildman–Crippen MR) is 118 cm³/mol. The maximum Gasteiger partial charge on any atom is 0.229 e. The van der Waals surface area contributed by atoms with E-state index in [9.17, 15) is 14.4 Å². The molecule has 5 unspecified atom stereocenters. The van der Waals surface area contributed by atoms with Crippen LogP contribution in [0.3, 0.4) is 0 Å². The predicted octanol–water partition coefficient (Wildman–Crippen LogP) is 2.28. The highest BCUT2D eigenvalue weighted by molar-refractivity contribution is 6.42. The van der Waals surface area contributed by atoms with Crippen LogP contribution >= 0.6 is 23.2 Å². The molecule has 3 saturated heterocycles. The Morgan fingerprint density at radius 3 is 2.74 bits per heavy atom. The van der Waals surface area contributed by atoms with Gasteiger partial charge in [-0.1, -0.05) is 36.5 Å². The van der Waals surface area contributed by atoms with Crippen LogP contribution in [-0.2, 0) is 14.4 Å². The number of amides is 3. The average Bonchev–Trinajstić information content (AvgIpc) is 2.75. The molecule has 3 aliphatic heterocycles. The second kappa shape index (κ2) is 9.32. The Morgan fingerprint density at radius 2 is 2.00 bits per heavy atom. The number of halogens is 2. The van der Waals surface area contributed by atoms with Crippen LogP contribution < -0.4 is 21.3 Å². The highest BCUT2D eigenvalue weighted by Crippen LogP contribution is 2.31. The fourth-order valence-electron chi connectivity index (χ4n) is 4.85. The summed E-state index contributed by atoms with van der Waals surface area (Å²) in [6.07, 6.45) is 3.29. The summed E-state index contributed by atoms with van der Waals surface area (Å²) in [5, 5.41) is 12.7. The molecule has 0 saturated carbocycles. The molecule has 3 aliphatic rings. The summed E-state index contributed by atoms with van der Waals surface area (Å²) >= 11 is 12.0. The van der Waals surface area contributed by atoms with Crippen molar-refractivity contribution in [2.45, 2.75) is 57.5 Å². The molecule has 3 amide bonds. The molecule has 8 nitrogen and oxygen atoms in total. The van der Waals surface area contributed by atoms with Crippen molar-refractivity contribution in [3.63, 3.8) is 0 Å². The molecule has 4 N–H and O–H groups in total. The Balaban J connectivity index is 1.50. The Bertz CT molecular complexity index is 883. The molecule has 0 bridgehead atoms. The normalized spacial score (nSPS) is 31.4. The van der Waals surface area contributed by atoms with Gasteiger partial charge in [0.15, 0.2) is 0 Å². The number of hydrogen-bond acceptors (Lipinski definition) is 5. The second-order valence-electron chi connectivity index (χ2n) is 8.37. The van der Waals surface area contributed by atoms with Gasteiger partial charge in [-0.05, 0) is 37.5 Å². The Labute approximate surface area is 191 Å². The molecule has 4 rings (SSSR count). The van der Waals surface area contributed by atoms with Gasteiger partial charge in [0.25, 0.3) is 0 Å². The van der Waals surface area contributed by atoms with Gasteiger partial charge >= 0.3 is 0 Å². The first-order valence-corrected chi connectivity index (χ1v) is 11.5. The lowest BCUT2D eigenvalue weighted by Crippen LogP contribution is -2.75. The third-order valence-corrected chi connectivity index (χ3v) is 7.17. The molecule has 0 aliphatic carbocycles. The van der Waals surface area contributed by atoms with Crippen LogP contribution in [0.2, 0.25) is 10.0 Å². The molecule has 3 fully saturated rings. The molecule has 1 aromatic carbocycles. The van der Waals surface area contributed by atoms with Crippen LogP contribution in [0, 0.1) is 11.8 Å². The molecule has 31 heavy (non-hydrogen) atoms. The number of likely N-dealkylation sites (tertiary alicyclic amines) is 1. The zero-order chi connectivity index (χ0) is 22.1. The number of fused-ring (bicyclic) bond motifs is 1. The summed E-state index contributed by atoms with van der Waals surface area (Å²) < 4.78 is 0. The Morgan fingerprint density at radius 1 is 1.19 bits per heavy atom. The first-order chi connectivity index (χ1) is 14.9. The van der Waals surface area contributed by atoms with E-state index in [1.807, 2.05) is 0 Å². The quantitative estimate of drug-likeness (QED) is 0.543. The van der Waals surface area contributed by atoms with Crippen molar-refractivity contribution in [3.8, 4) is 0 Å². The molecule has 3 heterocycles. The third kappa shape index (κ3) is 4.67. The standard InChI is InChI=1S/C21H27Cl2N5O3/c1-2-12-5-3-4-8-28(12)21-26-18-17(20(31)27-21)13(10-16(29)25-18)19(30)24-11-6-7-14(22)15(23)9-11/h6-7,9,12-13,17-18,21,26H,2-5,8,10H2,1H3,(H,24,30)(H,25,29)(H,27,31). The molecule has 1 aromatic rings. The van der Waals surface area contributed by atoms with Crippen LogP contribution in [0.25, 0.3) is 0 Å². The molecule has 168 valence electrons. The van der Waals surface area contributed by atoms with Crippen LogP contribution in [-0.4, -0.2) is 47.7 Å². The lowest BCUT2D eigenvalue weighted by atomic mass is 9.81. The number of carbonyl (C=O) groups is 3. The van der Waals surface area contributed by atoms with Crippen LogP contribution in [0.5, 0.6) is 0 Å². The first kappa shape index (κ1) is 22.3. The summed E-state index contributed by atoms with van der Waals surface area (Å²) in [7, 11) is 0. The number of nitrogens with one attached hydrogen (secondary N) is 4. The van der Waals surface area contributed by atoms with Crippen molar-refractivity contribution in [3.05, 3.63) is 28.2 Å². The SMILES string of the molecule is CCC1CCCCN1C1NC(=O)C2C(NC(=O)CC2C(=O)Nc2ccc(Cl)c(Cl)c2)N1. The van der Waals surface area contributed by atoms with E-state index in [2.05, 4.69) is 33.1 Å². The van der Waals surface area contributed by atoms with E-state index in [4.69, 9.17) is 23.2 Å². The van der Waals surface area contributed by atoms with Gasteiger partial charge in [-0.2, -0.15) is 0 Å². The van der Waals surface area contributed by atoms with Gasteiger partial charge in [0.1, 0.15) is 6.29 Å². The topological polar surface area (TPSA) is 103 Å². The maximum absolute atomic E-state index is 13.1. The van der Waals surface area contributed by atoms with Crippen molar-refractivity contribution >= 4 is 46.6 Å². The van der Waals surface area contributed by atoms with Crippen molar-refractivity contribution in [1.29, 1.82) is 0 Å². The number of carbonyl (C=O) groups excluding carboxylic acids is 3. The van der Waals surface area contributed by atoms with Gasteiger partial charge in [0.2, 0.25) is 17.7 Å². The van der Waals surface area contributed by atoms with Gasteiger partial charge in [-0.25, -0.2) is 0 Å². The Hall–Kier alpha value is -1.87. The van der Waals surface area contributed by atoms with Crippen molar-refractivity contribution in [2.24, 2.45) is 11.8 Å². The highest BCUT2D eigenvalue weighted by Gasteiger charge is 2.49. The number of rotatable bonds is 4. The molecule has 0 aromatic heterocycles. The van der Waals surface area contributed by atoms with E-state index >= 15 is 0 Å². The zero-order valence-electron chi connectivity index (χ0n) is 17.3. The summed E-state index contributed by atoms with van der Waals surface area (Å²) in [4.78, 5) is 40.7. The number of piperidine rings is 2. The fourth-order valence-corrected chi connectivity index (χ4v) is 5.15. The van der Waals surface area contributed by atoms with E-state index in [-0.39, 0.29) is 24.5 Å². The van der Waals surface area contributed by atoms with Gasteiger partial charge in [-0.3, -0.25) is 24.6 Å². The minimum Gasteiger partial charge on any atom is -0.340 e. The number of hydrogen-bond donors (Lipinski definition) is 4. The van der Waals surface area contributed by atoms with E-state index in [0.29, 0.717) is 21.8 Å². The van der Waals surface area contributed by atoms with Crippen LogP contribution in [0.1, 0.15) is 39.0 Å². The first-order valence-electron chi connectivity index (χ1n) is 10.7. The monoisotopic (exact) mass is 467 g/mol. The molecule has 5 atom stereocenters. The van der Waals surface area contributed by atoms with Crippen LogP contribution in [0.4, 0.5) is 5.69 Å². The lowest BCUT2D eigenvalue weighted by molar-refractivity contribution is -0.148. The number of nitrogens with zero attached hydrogens (tertiary/aromatic N) is 1. The van der Waals surface area contributed by atoms with Gasteiger partial charge in [0, 0.05) is 24.7 Å². The maximum atomic E-state index is 13.1. The Kier molecular flexibility index (Phi) is 6.71. The molecule has 0 radical (unpaired) electrons. The minimum absolute atomic E-state index is 0.0601. The molecule has 0 spiro atoms. The summed E-state index contributed by atoms with van der Waals surface area (Å²) in [6, 6.07) is 5.12. The summed E-state index contributed by atoms with van der Waals surface area (Å²) in [5.41, 5.74) is 0.461. The van der Waals surface area contributed by atoms with Gasteiger partial charge in [0.05, 0.1) is 28.0 Å². The van der Waals surface area contributed by atoms with E-state index in [1.165, 1.54) is 6.42 Å². The smallest absolute Gasteiger partial charge is 0.229 e. The van der Waals surface area contributed by atoms with Gasteiger partial charge in [-0.15, -0.1) is 0 Å². The minimum atomic E-state index is -0.801. The summed E-state index contributed by atoms with van der Waals surface area (Å²) in [5.74, 6) is -2.40. The van der Waals surface area contributed by atoms with Crippen LogP contribution in [0.15, 0.2) is 18.2 Å². The fraction of sp³-hybridized carbons (Fsp3) is 0.571.